The topological polar surface area (TPSA) is 231 Å². The van der Waals surface area contributed by atoms with Crippen LogP contribution >= 0.6 is 12.4 Å². The number of nitrogens with one attached hydrogen (secondary N) is 2. The molecule has 3 heterocycles. The zero-order valence-corrected chi connectivity index (χ0v) is 24.1. The summed E-state index contributed by atoms with van der Waals surface area (Å²) in [5.74, 6) is 0.387. The fourth-order valence-electron chi connectivity index (χ4n) is 5.21. The van der Waals surface area contributed by atoms with Crippen molar-refractivity contribution in [2.75, 3.05) is 46.6 Å². The van der Waals surface area contributed by atoms with Crippen molar-refractivity contribution in [2.24, 2.45) is 22.9 Å². The third-order valence-electron chi connectivity index (χ3n) is 7.25. The molecule has 14 nitrogen and oxygen atoms in total. The summed E-state index contributed by atoms with van der Waals surface area (Å²) in [5, 5.41) is 25.9. The van der Waals surface area contributed by atoms with Gasteiger partial charge in [-0.05, 0) is 56.2 Å². The Balaban J connectivity index is 0.00000405. The molecule has 4 atom stereocenters. The number of carbonyl (C=O) groups excluding carboxylic acids is 1. The Morgan fingerprint density at radius 2 is 1.26 bits per heavy atom. The molecule has 0 aliphatic carbocycles. The number of halogens is 1. The van der Waals surface area contributed by atoms with E-state index < -0.39 is 5.91 Å². The van der Waals surface area contributed by atoms with E-state index >= 15 is 0 Å². The molecule has 42 heavy (non-hydrogen) atoms. The summed E-state index contributed by atoms with van der Waals surface area (Å²) < 4.78 is 0. The lowest BCUT2D eigenvalue weighted by Crippen LogP contribution is -2.54. The Labute approximate surface area is 249 Å². The number of nitrogens with two attached hydrogens (primary N) is 4. The lowest BCUT2D eigenvalue weighted by molar-refractivity contribution is 0.102. The van der Waals surface area contributed by atoms with Crippen LogP contribution in [0, 0.1) is 6.92 Å². The van der Waals surface area contributed by atoms with Gasteiger partial charge >= 0.3 is 0 Å². The number of hydrogen-bond acceptors (Lipinski definition) is 13. The third-order valence-corrected chi connectivity index (χ3v) is 7.25. The van der Waals surface area contributed by atoms with Crippen molar-refractivity contribution in [1.82, 2.24) is 15.0 Å². The molecule has 2 aliphatic heterocycles. The molecule has 2 aromatic carbocycles. The molecule has 2 saturated heterocycles. The van der Waals surface area contributed by atoms with Gasteiger partial charge in [-0.1, -0.05) is 0 Å². The predicted octanol–water partition coefficient (Wildman–Crippen LogP) is 0.738. The summed E-state index contributed by atoms with van der Waals surface area (Å²) in [5.41, 5.74) is 26.4. The maximum atomic E-state index is 12.7. The number of nitrogens with zero attached hydrogens (tertiary/aromatic N) is 5. The van der Waals surface area contributed by atoms with Crippen molar-refractivity contribution >= 4 is 47.5 Å². The Morgan fingerprint density at radius 1 is 0.786 bits per heavy atom. The number of phenolic OH excluding ortho intramolecular Hbond substituents is 2. The van der Waals surface area contributed by atoms with Crippen LogP contribution < -0.4 is 43.4 Å². The monoisotopic (exact) mass is 599 g/mol. The molecule has 12 N–H and O–H groups in total. The smallest absolute Gasteiger partial charge is 0.259 e. The average Bonchev–Trinajstić information content (AvgIpc) is 2.91. The van der Waals surface area contributed by atoms with Crippen LogP contribution in [0.15, 0.2) is 36.4 Å². The van der Waals surface area contributed by atoms with Crippen LogP contribution in [0.3, 0.4) is 0 Å². The summed E-state index contributed by atoms with van der Waals surface area (Å²) in [6.07, 6.45) is 1.45. The highest BCUT2D eigenvalue weighted by Gasteiger charge is 2.29. The zero-order chi connectivity index (χ0) is 29.3. The average molecular weight is 600 g/mol. The second-order valence-electron chi connectivity index (χ2n) is 10.8. The number of aromatic hydroxyl groups is 2. The second-order valence-corrected chi connectivity index (χ2v) is 10.8. The van der Waals surface area contributed by atoms with Gasteiger partial charge in [0, 0.05) is 67.3 Å². The van der Waals surface area contributed by atoms with Gasteiger partial charge in [0.25, 0.3) is 5.91 Å². The number of aromatic nitrogens is 3. The number of benzene rings is 2. The number of carbonyl (C=O) groups is 1. The van der Waals surface area contributed by atoms with Crippen LogP contribution in [-0.2, 0) is 0 Å². The molecule has 15 heteroatoms. The van der Waals surface area contributed by atoms with Gasteiger partial charge in [-0.15, -0.1) is 12.4 Å². The first kappa shape index (κ1) is 31.0. The Bertz CT molecular complexity index is 1350. The fourth-order valence-corrected chi connectivity index (χ4v) is 5.21. The van der Waals surface area contributed by atoms with Crippen molar-refractivity contribution in [3.63, 3.8) is 0 Å². The van der Waals surface area contributed by atoms with Gasteiger partial charge in [0.2, 0.25) is 17.8 Å². The molecule has 0 spiro atoms. The van der Waals surface area contributed by atoms with Crippen molar-refractivity contribution in [2.45, 2.75) is 43.9 Å². The van der Waals surface area contributed by atoms with Gasteiger partial charge in [-0.3, -0.25) is 4.79 Å². The number of rotatable bonds is 6. The Hall–Kier alpha value is -3.95. The maximum Gasteiger partial charge on any atom is 0.259 e. The lowest BCUT2D eigenvalue weighted by atomic mass is 10.0. The van der Waals surface area contributed by atoms with Crippen molar-refractivity contribution in [3.8, 4) is 11.5 Å². The van der Waals surface area contributed by atoms with Crippen molar-refractivity contribution < 1.29 is 15.0 Å². The highest BCUT2D eigenvalue weighted by Crippen LogP contribution is 2.30. The number of phenols is 2. The van der Waals surface area contributed by atoms with E-state index in [9.17, 15) is 15.0 Å². The first-order valence-corrected chi connectivity index (χ1v) is 13.5. The molecule has 0 saturated carbocycles. The highest BCUT2D eigenvalue weighted by atomic mass is 35.5. The van der Waals surface area contributed by atoms with Crippen molar-refractivity contribution in [3.05, 3.63) is 47.5 Å². The fraction of sp³-hybridized carbons (Fsp3) is 0.407. The van der Waals surface area contributed by atoms with E-state index in [1.54, 1.807) is 24.3 Å². The first-order valence-electron chi connectivity index (χ1n) is 13.5. The normalized spacial score (nSPS) is 22.3. The number of hydrogen-bond donors (Lipinski definition) is 8. The molecule has 2 aliphatic rings. The van der Waals surface area contributed by atoms with Crippen LogP contribution in [0.4, 0.5) is 29.2 Å². The minimum absolute atomic E-state index is 0. The molecule has 0 bridgehead atoms. The minimum Gasteiger partial charge on any atom is -0.508 e. The van der Waals surface area contributed by atoms with Gasteiger partial charge in [-0.25, -0.2) is 0 Å². The SMILES string of the molecule is Cc1c(O)ccc(C(=O)Nc2ccc(Nc3nc(N4C[C@H](N)C[C@H](N)C4)nc(N4C[C@H](N)C[C@H](N)C4)n3)cc2)c1O.Cl. The Kier molecular flexibility index (Phi) is 9.53. The molecular weight excluding hydrogens is 562 g/mol. The number of amides is 1. The summed E-state index contributed by atoms with van der Waals surface area (Å²) in [4.78, 5) is 30.7. The van der Waals surface area contributed by atoms with E-state index in [0.29, 0.717) is 55.4 Å². The maximum absolute atomic E-state index is 12.7. The van der Waals surface area contributed by atoms with Gasteiger partial charge in [-0.2, -0.15) is 15.0 Å². The van der Waals surface area contributed by atoms with E-state index in [1.807, 2.05) is 9.80 Å². The zero-order valence-electron chi connectivity index (χ0n) is 23.3. The van der Waals surface area contributed by atoms with E-state index in [1.165, 1.54) is 19.1 Å². The molecule has 2 fully saturated rings. The van der Waals surface area contributed by atoms with Crippen LogP contribution in [0.2, 0.25) is 0 Å². The lowest BCUT2D eigenvalue weighted by Gasteiger charge is -2.37. The summed E-state index contributed by atoms with van der Waals surface area (Å²) in [6, 6.07) is 9.29. The quantitative estimate of drug-likeness (QED) is 0.195. The number of anilines is 5. The van der Waals surface area contributed by atoms with Gasteiger partial charge < -0.3 is 53.6 Å². The molecule has 0 radical (unpaired) electrons. The van der Waals surface area contributed by atoms with Gasteiger partial charge in [0.05, 0.1) is 5.56 Å². The van der Waals surface area contributed by atoms with Crippen LogP contribution in [0.5, 0.6) is 11.5 Å². The van der Waals surface area contributed by atoms with Gasteiger partial charge in [0.1, 0.15) is 11.5 Å². The summed E-state index contributed by atoms with van der Waals surface area (Å²) in [6.45, 7) is 3.81. The molecule has 0 unspecified atom stereocenters. The van der Waals surface area contributed by atoms with Gasteiger partial charge in [0.15, 0.2) is 0 Å². The largest absolute Gasteiger partial charge is 0.508 e. The van der Waals surface area contributed by atoms with Crippen LogP contribution in [0.1, 0.15) is 28.8 Å². The first-order chi connectivity index (χ1) is 19.5. The highest BCUT2D eigenvalue weighted by molar-refractivity contribution is 6.06. The molecule has 1 amide bonds. The second kappa shape index (κ2) is 12.9. The molecule has 5 rings (SSSR count). The number of piperidine rings is 2. The van der Waals surface area contributed by atoms with E-state index in [4.69, 9.17) is 27.9 Å². The van der Waals surface area contributed by atoms with Crippen LogP contribution in [0.25, 0.3) is 0 Å². The molecule has 226 valence electrons. The summed E-state index contributed by atoms with van der Waals surface area (Å²) >= 11 is 0. The molecular formula is C27H38ClN11O3. The predicted molar refractivity (Wildman–Crippen MR) is 165 cm³/mol. The Morgan fingerprint density at radius 3 is 1.76 bits per heavy atom. The van der Waals surface area contributed by atoms with Crippen molar-refractivity contribution in [1.29, 1.82) is 0 Å². The van der Waals surface area contributed by atoms with E-state index in [-0.39, 0.29) is 59.2 Å². The minimum atomic E-state index is -0.506. The summed E-state index contributed by atoms with van der Waals surface area (Å²) in [7, 11) is 0. The van der Waals surface area contributed by atoms with E-state index in [0.717, 1.165) is 12.8 Å². The third kappa shape index (κ3) is 7.09. The standard InChI is InChI=1S/C27H37N11O3.ClH/c1-14-22(39)7-6-21(23(14)40)24(41)32-19-2-4-20(5-3-19)33-25-34-26(37-10-15(28)8-16(29)11-37)36-27(35-25)38-12-17(30)9-18(31)13-38;/h2-7,15-18,39-40H,8-13,28-31H2,1H3,(H,32,41)(H,33,34,35,36);1H/t15-,16+,17-,18+;. The molecule has 1 aromatic heterocycles. The molecule has 3 aromatic rings. The van der Waals surface area contributed by atoms with Crippen LogP contribution in [-0.4, -0.2) is 81.4 Å². The van der Waals surface area contributed by atoms with E-state index in [2.05, 4.69) is 20.6 Å².